The van der Waals surface area contributed by atoms with Gasteiger partial charge in [-0.25, -0.2) is 4.98 Å². The zero-order valence-corrected chi connectivity index (χ0v) is 8.80. The summed E-state index contributed by atoms with van der Waals surface area (Å²) in [6, 6.07) is 1.85. The maximum absolute atomic E-state index is 5.67. The molecule has 2 rings (SSSR count). The van der Waals surface area contributed by atoms with Crippen LogP contribution in [0.2, 0.25) is 0 Å². The van der Waals surface area contributed by atoms with Crippen LogP contribution in [0.15, 0.2) is 18.6 Å². The number of fused-ring (bicyclic) bond motifs is 1. The van der Waals surface area contributed by atoms with Crippen LogP contribution in [0, 0.1) is 5.92 Å². The second-order valence-electron chi connectivity index (χ2n) is 3.64. The Balaban J connectivity index is 2.28. The van der Waals surface area contributed by atoms with E-state index < -0.39 is 0 Å². The van der Waals surface area contributed by atoms with Gasteiger partial charge in [0.05, 0.1) is 0 Å². The van der Waals surface area contributed by atoms with Crippen LogP contribution in [0.5, 0.6) is 0 Å². The number of rotatable bonds is 4. The van der Waals surface area contributed by atoms with Gasteiger partial charge >= 0.3 is 0 Å². The van der Waals surface area contributed by atoms with Gasteiger partial charge in [0.15, 0.2) is 5.65 Å². The van der Waals surface area contributed by atoms with Crippen LogP contribution in [0.1, 0.15) is 19.2 Å². The van der Waals surface area contributed by atoms with Gasteiger partial charge in [-0.3, -0.25) is 4.40 Å². The lowest BCUT2D eigenvalue weighted by atomic mass is 10.0. The van der Waals surface area contributed by atoms with E-state index in [1.54, 1.807) is 12.5 Å². The van der Waals surface area contributed by atoms with Crippen molar-refractivity contribution in [3.8, 4) is 0 Å². The second kappa shape index (κ2) is 4.35. The van der Waals surface area contributed by atoms with Gasteiger partial charge in [0.2, 0.25) is 0 Å². The summed E-state index contributed by atoms with van der Waals surface area (Å²) >= 11 is 0. The van der Waals surface area contributed by atoms with Crippen molar-refractivity contribution in [2.75, 3.05) is 6.54 Å². The minimum absolute atomic E-state index is 0.470. The van der Waals surface area contributed by atoms with E-state index in [2.05, 4.69) is 22.1 Å². The highest BCUT2D eigenvalue weighted by atomic mass is 15.3. The van der Waals surface area contributed by atoms with E-state index >= 15 is 0 Å². The number of nitrogens with two attached hydrogens (primary N) is 1. The minimum atomic E-state index is 0.470. The van der Waals surface area contributed by atoms with Gasteiger partial charge in [0.25, 0.3) is 0 Å². The van der Waals surface area contributed by atoms with Crippen molar-refractivity contribution < 1.29 is 0 Å². The third kappa shape index (κ3) is 1.97. The Morgan fingerprint density at radius 1 is 1.47 bits per heavy atom. The fourth-order valence-corrected chi connectivity index (χ4v) is 1.58. The largest absolute Gasteiger partial charge is 0.330 e. The van der Waals surface area contributed by atoms with Gasteiger partial charge in [-0.1, -0.05) is 13.3 Å². The molecule has 2 heterocycles. The van der Waals surface area contributed by atoms with Crippen molar-refractivity contribution in [2.24, 2.45) is 11.7 Å². The molecule has 5 heteroatoms. The summed E-state index contributed by atoms with van der Waals surface area (Å²) in [4.78, 5) is 4.06. The lowest BCUT2D eigenvalue weighted by Crippen LogP contribution is -2.17. The summed E-state index contributed by atoms with van der Waals surface area (Å²) < 4.78 is 1.92. The SMILES string of the molecule is CCC(CN)Cc1nnc2ccncn12. The van der Waals surface area contributed by atoms with Crippen molar-refractivity contribution in [1.29, 1.82) is 0 Å². The van der Waals surface area contributed by atoms with E-state index in [1.807, 2.05) is 10.5 Å². The van der Waals surface area contributed by atoms with Crippen LogP contribution in [-0.4, -0.2) is 26.1 Å². The predicted molar refractivity (Wildman–Crippen MR) is 57.3 cm³/mol. The van der Waals surface area contributed by atoms with Crippen molar-refractivity contribution in [3.63, 3.8) is 0 Å². The highest BCUT2D eigenvalue weighted by molar-refractivity contribution is 5.35. The summed E-state index contributed by atoms with van der Waals surface area (Å²) in [6.07, 6.45) is 5.38. The first-order valence-corrected chi connectivity index (χ1v) is 5.18. The molecule has 80 valence electrons. The van der Waals surface area contributed by atoms with Crippen LogP contribution >= 0.6 is 0 Å². The molecule has 0 aliphatic carbocycles. The van der Waals surface area contributed by atoms with Gasteiger partial charge in [-0.2, -0.15) is 0 Å². The molecule has 15 heavy (non-hydrogen) atoms. The molecule has 2 N–H and O–H groups in total. The zero-order chi connectivity index (χ0) is 10.7. The van der Waals surface area contributed by atoms with E-state index in [0.29, 0.717) is 12.5 Å². The third-order valence-electron chi connectivity index (χ3n) is 2.67. The number of aromatic nitrogens is 4. The quantitative estimate of drug-likeness (QED) is 0.795. The molecule has 1 unspecified atom stereocenters. The summed E-state index contributed by atoms with van der Waals surface area (Å²) in [7, 11) is 0. The lowest BCUT2D eigenvalue weighted by Gasteiger charge is -2.09. The molecule has 0 radical (unpaired) electrons. The van der Waals surface area contributed by atoms with Crippen LogP contribution in [0.3, 0.4) is 0 Å². The highest BCUT2D eigenvalue weighted by Gasteiger charge is 2.10. The molecule has 0 saturated carbocycles. The Morgan fingerprint density at radius 2 is 2.33 bits per heavy atom. The molecule has 0 fully saturated rings. The monoisotopic (exact) mass is 205 g/mol. The second-order valence-corrected chi connectivity index (χ2v) is 3.64. The molecule has 0 amide bonds. The standard InChI is InChI=1S/C10H15N5/c1-2-8(6-11)5-10-14-13-9-3-4-12-7-15(9)10/h3-4,7-8H,2,5-6,11H2,1H3. The van der Waals surface area contributed by atoms with E-state index in [-0.39, 0.29) is 0 Å². The topological polar surface area (TPSA) is 69.1 Å². The fraction of sp³-hybridized carbons (Fsp3) is 0.500. The Labute approximate surface area is 88.3 Å². The molecule has 2 aromatic heterocycles. The molecule has 1 atom stereocenters. The smallest absolute Gasteiger partial charge is 0.163 e. The molecule has 0 saturated heterocycles. The van der Waals surface area contributed by atoms with Gasteiger partial charge in [0, 0.05) is 18.7 Å². The van der Waals surface area contributed by atoms with E-state index in [4.69, 9.17) is 5.73 Å². The van der Waals surface area contributed by atoms with Crippen molar-refractivity contribution >= 4 is 5.65 Å². The van der Waals surface area contributed by atoms with Crippen LogP contribution in [0.25, 0.3) is 5.65 Å². The van der Waals surface area contributed by atoms with Crippen molar-refractivity contribution in [1.82, 2.24) is 19.6 Å². The summed E-state index contributed by atoms with van der Waals surface area (Å²) in [5.74, 6) is 1.41. The molecular weight excluding hydrogens is 190 g/mol. The fourth-order valence-electron chi connectivity index (χ4n) is 1.58. The maximum Gasteiger partial charge on any atom is 0.163 e. The molecule has 2 aromatic rings. The summed E-state index contributed by atoms with van der Waals surface area (Å²) in [5, 5.41) is 8.22. The van der Waals surface area contributed by atoms with Crippen LogP contribution < -0.4 is 5.73 Å². The van der Waals surface area contributed by atoms with Gasteiger partial charge in [-0.05, 0) is 12.5 Å². The van der Waals surface area contributed by atoms with E-state index in [1.165, 1.54) is 0 Å². The van der Waals surface area contributed by atoms with Crippen LogP contribution in [-0.2, 0) is 6.42 Å². The van der Waals surface area contributed by atoms with Gasteiger partial charge < -0.3 is 5.73 Å². The molecule has 0 aromatic carbocycles. The molecule has 0 spiro atoms. The van der Waals surface area contributed by atoms with E-state index in [0.717, 1.165) is 24.3 Å². The summed E-state index contributed by atoms with van der Waals surface area (Å²) in [5.41, 5.74) is 6.51. The maximum atomic E-state index is 5.67. The Hall–Kier alpha value is -1.49. The Bertz CT molecular complexity index is 432. The summed E-state index contributed by atoms with van der Waals surface area (Å²) in [6.45, 7) is 2.82. The average molecular weight is 205 g/mol. The predicted octanol–water partition coefficient (Wildman–Crippen LogP) is 0.652. The highest BCUT2D eigenvalue weighted by Crippen LogP contribution is 2.10. The zero-order valence-electron chi connectivity index (χ0n) is 8.80. The van der Waals surface area contributed by atoms with E-state index in [9.17, 15) is 0 Å². The number of nitrogens with zero attached hydrogens (tertiary/aromatic N) is 4. The third-order valence-corrected chi connectivity index (χ3v) is 2.67. The molecule has 0 bridgehead atoms. The van der Waals surface area contributed by atoms with Crippen molar-refractivity contribution in [3.05, 3.63) is 24.4 Å². The molecule has 5 nitrogen and oxygen atoms in total. The Kier molecular flexibility index (Phi) is 2.91. The molecular formula is C10H15N5. The van der Waals surface area contributed by atoms with Gasteiger partial charge in [-0.15, -0.1) is 10.2 Å². The molecule has 0 aliphatic rings. The Morgan fingerprint density at radius 3 is 3.07 bits per heavy atom. The van der Waals surface area contributed by atoms with Crippen LogP contribution in [0.4, 0.5) is 0 Å². The minimum Gasteiger partial charge on any atom is -0.330 e. The first-order valence-electron chi connectivity index (χ1n) is 5.18. The first-order chi connectivity index (χ1) is 7.35. The number of hydrogen-bond donors (Lipinski definition) is 1. The van der Waals surface area contributed by atoms with Gasteiger partial charge in [0.1, 0.15) is 12.2 Å². The number of hydrogen-bond acceptors (Lipinski definition) is 4. The average Bonchev–Trinajstić information content (AvgIpc) is 2.69. The normalized spacial score (nSPS) is 13.2. The van der Waals surface area contributed by atoms with Crippen molar-refractivity contribution in [2.45, 2.75) is 19.8 Å². The molecule has 0 aliphatic heterocycles. The lowest BCUT2D eigenvalue weighted by molar-refractivity contribution is 0.503. The first kappa shape index (κ1) is 10.0.